The number of unbranched alkanes of at least 4 members (excludes halogenated alkanes) is 1. The predicted octanol–water partition coefficient (Wildman–Crippen LogP) is 2.01. The van der Waals surface area contributed by atoms with Crippen LogP contribution in [0.15, 0.2) is 24.3 Å². The molecule has 27 heavy (non-hydrogen) atoms. The highest BCUT2D eigenvalue weighted by molar-refractivity contribution is 7.93. The Morgan fingerprint density at radius 3 is 2.63 bits per heavy atom. The van der Waals surface area contributed by atoms with Crippen molar-refractivity contribution in [3.63, 3.8) is 0 Å². The second-order valence-corrected chi connectivity index (χ2v) is 9.34. The Labute approximate surface area is 160 Å². The summed E-state index contributed by atoms with van der Waals surface area (Å²) in [4.78, 5) is 24.6. The fourth-order valence-corrected chi connectivity index (χ4v) is 5.86. The highest BCUT2D eigenvalue weighted by Crippen LogP contribution is 2.33. The summed E-state index contributed by atoms with van der Waals surface area (Å²) in [7, 11) is -3.52. The second kappa shape index (κ2) is 8.29. The fraction of sp³-hybridized carbons (Fsp3) is 0.579. The van der Waals surface area contributed by atoms with Crippen molar-refractivity contribution in [2.45, 2.75) is 50.2 Å². The van der Waals surface area contributed by atoms with E-state index in [2.05, 4.69) is 0 Å². The molecule has 7 nitrogen and oxygen atoms in total. The van der Waals surface area contributed by atoms with E-state index in [0.717, 1.165) is 11.3 Å². The summed E-state index contributed by atoms with van der Waals surface area (Å²) in [6.45, 7) is 1.25. The molecule has 0 saturated carbocycles. The first-order valence-electron chi connectivity index (χ1n) is 9.48. The minimum Gasteiger partial charge on any atom is -0.481 e. The number of hydrogen-bond acceptors (Lipinski definition) is 4. The predicted molar refractivity (Wildman–Crippen MR) is 102 cm³/mol. The summed E-state index contributed by atoms with van der Waals surface area (Å²) in [6.07, 6.45) is 3.24. The number of nitrogens with zero attached hydrogens (tertiary/aromatic N) is 2. The lowest BCUT2D eigenvalue weighted by molar-refractivity contribution is -0.137. The van der Waals surface area contributed by atoms with Crippen LogP contribution in [-0.4, -0.2) is 55.2 Å². The molecule has 2 heterocycles. The number of piperidine rings is 1. The van der Waals surface area contributed by atoms with Gasteiger partial charge in [-0.05, 0) is 43.7 Å². The van der Waals surface area contributed by atoms with Gasteiger partial charge in [0.25, 0.3) is 0 Å². The van der Waals surface area contributed by atoms with Gasteiger partial charge >= 0.3 is 5.97 Å². The van der Waals surface area contributed by atoms with Crippen molar-refractivity contribution in [2.75, 3.05) is 23.9 Å². The van der Waals surface area contributed by atoms with Gasteiger partial charge in [-0.15, -0.1) is 0 Å². The molecule has 148 valence electrons. The highest BCUT2D eigenvalue weighted by Gasteiger charge is 2.38. The lowest BCUT2D eigenvalue weighted by Gasteiger charge is -2.35. The van der Waals surface area contributed by atoms with Crippen LogP contribution in [0.3, 0.4) is 0 Å². The molecular weight excluding hydrogens is 368 g/mol. The van der Waals surface area contributed by atoms with Gasteiger partial charge in [0, 0.05) is 32.5 Å². The van der Waals surface area contributed by atoms with Crippen LogP contribution in [0.2, 0.25) is 0 Å². The van der Waals surface area contributed by atoms with Crippen molar-refractivity contribution in [3.8, 4) is 0 Å². The fourth-order valence-electron chi connectivity index (χ4n) is 3.87. The number of aliphatic carboxylic acids is 1. The van der Waals surface area contributed by atoms with Crippen LogP contribution in [0.1, 0.15) is 44.1 Å². The van der Waals surface area contributed by atoms with Crippen LogP contribution < -0.4 is 4.31 Å². The Morgan fingerprint density at radius 2 is 1.85 bits per heavy atom. The Balaban J connectivity index is 1.62. The molecular formula is C19H26N2O5S. The number of benzene rings is 1. The Morgan fingerprint density at radius 1 is 1.11 bits per heavy atom. The third-order valence-electron chi connectivity index (χ3n) is 5.34. The van der Waals surface area contributed by atoms with E-state index < -0.39 is 21.2 Å². The van der Waals surface area contributed by atoms with E-state index in [4.69, 9.17) is 5.11 Å². The van der Waals surface area contributed by atoms with Gasteiger partial charge in [0.15, 0.2) is 0 Å². The Hall–Kier alpha value is -2.09. The van der Waals surface area contributed by atoms with Crippen LogP contribution >= 0.6 is 0 Å². The average molecular weight is 394 g/mol. The number of carbonyl (C=O) groups excluding carboxylic acids is 1. The smallest absolute Gasteiger partial charge is 0.303 e. The number of para-hydroxylation sites is 1. The van der Waals surface area contributed by atoms with E-state index >= 15 is 0 Å². The van der Waals surface area contributed by atoms with Gasteiger partial charge in [0.1, 0.15) is 0 Å². The summed E-state index contributed by atoms with van der Waals surface area (Å²) in [5.41, 5.74) is 1.80. The summed E-state index contributed by atoms with van der Waals surface area (Å²) in [6, 6.07) is 7.56. The van der Waals surface area contributed by atoms with E-state index in [-0.39, 0.29) is 25.3 Å². The number of carboxylic acid groups (broad SMARTS) is 1. The van der Waals surface area contributed by atoms with Gasteiger partial charge < -0.3 is 10.0 Å². The van der Waals surface area contributed by atoms with Crippen molar-refractivity contribution in [3.05, 3.63) is 29.8 Å². The van der Waals surface area contributed by atoms with Crippen LogP contribution in [0.25, 0.3) is 0 Å². The van der Waals surface area contributed by atoms with Crippen molar-refractivity contribution in [1.82, 2.24) is 4.90 Å². The van der Waals surface area contributed by atoms with Gasteiger partial charge in [0.2, 0.25) is 15.9 Å². The maximum Gasteiger partial charge on any atom is 0.303 e. The van der Waals surface area contributed by atoms with Gasteiger partial charge in [0.05, 0.1) is 10.9 Å². The van der Waals surface area contributed by atoms with Crippen LogP contribution in [0.5, 0.6) is 0 Å². The van der Waals surface area contributed by atoms with Gasteiger partial charge in [-0.2, -0.15) is 0 Å². The molecule has 1 unspecified atom stereocenters. The van der Waals surface area contributed by atoms with Crippen molar-refractivity contribution in [1.29, 1.82) is 0 Å². The zero-order chi connectivity index (χ0) is 19.4. The minimum absolute atomic E-state index is 0.0542. The molecule has 0 spiro atoms. The van der Waals surface area contributed by atoms with Crippen LogP contribution in [0.4, 0.5) is 5.69 Å². The molecule has 0 radical (unpaired) electrons. The molecule has 8 heteroatoms. The minimum atomic E-state index is -3.52. The molecule has 1 saturated heterocycles. The van der Waals surface area contributed by atoms with E-state index in [1.165, 1.54) is 4.31 Å². The number of hydrogen-bond donors (Lipinski definition) is 1. The van der Waals surface area contributed by atoms with E-state index in [1.54, 1.807) is 4.90 Å². The number of fused-ring (bicyclic) bond motifs is 1. The maximum absolute atomic E-state index is 13.2. The van der Waals surface area contributed by atoms with Crippen LogP contribution in [0, 0.1) is 0 Å². The molecule has 1 fully saturated rings. The molecule has 1 atom stereocenters. The molecule has 2 aliphatic rings. The van der Waals surface area contributed by atoms with Crippen molar-refractivity contribution in [2.24, 2.45) is 0 Å². The maximum atomic E-state index is 13.2. The van der Waals surface area contributed by atoms with Gasteiger partial charge in [-0.25, -0.2) is 8.42 Å². The zero-order valence-corrected chi connectivity index (χ0v) is 16.2. The summed E-state index contributed by atoms with van der Waals surface area (Å²) in [5.74, 6) is -0.945. The number of likely N-dealkylation sites (tertiary alicyclic amines) is 1. The van der Waals surface area contributed by atoms with Crippen molar-refractivity contribution < 1.29 is 23.1 Å². The first-order chi connectivity index (χ1) is 12.9. The second-order valence-electron chi connectivity index (χ2n) is 7.20. The SMILES string of the molecule is O=C(O)CCCCC(=O)N1CCCC(S(=O)(=O)N2CCc3ccccc32)C1. The van der Waals surface area contributed by atoms with E-state index in [1.807, 2.05) is 24.3 Å². The molecule has 0 aromatic heterocycles. The number of rotatable bonds is 7. The monoisotopic (exact) mass is 394 g/mol. The third kappa shape index (κ3) is 4.43. The standard InChI is InChI=1S/C19H26N2O5S/c22-18(9-3-4-10-19(23)24)20-12-5-7-16(14-20)27(25,26)21-13-11-15-6-1-2-8-17(15)21/h1-2,6,8,16H,3-5,7,9-14H2,(H,23,24). The number of sulfonamides is 1. The molecule has 1 N–H and O–H groups in total. The first-order valence-corrected chi connectivity index (χ1v) is 11.0. The number of carbonyl (C=O) groups is 2. The van der Waals surface area contributed by atoms with Gasteiger partial charge in [-0.3, -0.25) is 13.9 Å². The Bertz CT molecular complexity index is 808. The molecule has 1 amide bonds. The van der Waals surface area contributed by atoms with E-state index in [0.29, 0.717) is 45.2 Å². The lowest BCUT2D eigenvalue weighted by Crippen LogP contribution is -2.49. The molecule has 0 aliphatic carbocycles. The number of carboxylic acids is 1. The normalized spacial score (nSPS) is 19.8. The quantitative estimate of drug-likeness (QED) is 0.714. The number of amides is 1. The largest absolute Gasteiger partial charge is 0.481 e. The topological polar surface area (TPSA) is 95.0 Å². The zero-order valence-electron chi connectivity index (χ0n) is 15.3. The Kier molecular flexibility index (Phi) is 6.04. The van der Waals surface area contributed by atoms with Gasteiger partial charge in [-0.1, -0.05) is 18.2 Å². The molecule has 1 aromatic rings. The molecule has 3 rings (SSSR count). The van der Waals surface area contributed by atoms with Crippen LogP contribution in [-0.2, 0) is 26.0 Å². The summed E-state index contributed by atoms with van der Waals surface area (Å²) < 4.78 is 27.9. The summed E-state index contributed by atoms with van der Waals surface area (Å²) >= 11 is 0. The van der Waals surface area contributed by atoms with Crippen molar-refractivity contribution >= 4 is 27.6 Å². The lowest BCUT2D eigenvalue weighted by atomic mass is 10.1. The third-order valence-corrected chi connectivity index (χ3v) is 7.56. The number of anilines is 1. The highest BCUT2D eigenvalue weighted by atomic mass is 32.2. The summed E-state index contributed by atoms with van der Waals surface area (Å²) in [5, 5.41) is 8.08. The average Bonchev–Trinajstić information content (AvgIpc) is 3.10. The van der Waals surface area contributed by atoms with E-state index in [9.17, 15) is 18.0 Å². The molecule has 0 bridgehead atoms. The molecule has 2 aliphatic heterocycles. The first kappa shape index (κ1) is 19.7. The molecule has 1 aromatic carbocycles.